The number of benzene rings is 2. The molecule has 9 nitrogen and oxygen atoms in total. The zero-order valence-electron chi connectivity index (χ0n) is 19.3. The Balaban J connectivity index is 1.41. The Morgan fingerprint density at radius 1 is 0.892 bits per heavy atom. The highest BCUT2D eigenvalue weighted by atomic mass is 32.2. The highest BCUT2D eigenvalue weighted by Gasteiger charge is 2.22. The molecular weight excluding hydrogens is 504 g/mol. The maximum absolute atomic E-state index is 13.5. The van der Waals surface area contributed by atoms with Crippen molar-refractivity contribution >= 4 is 44.2 Å². The van der Waals surface area contributed by atoms with E-state index in [1.165, 1.54) is 24.3 Å². The number of fused-ring (bicyclic) bond motifs is 1. The molecule has 0 bridgehead atoms. The highest BCUT2D eigenvalue weighted by molar-refractivity contribution is 7.92. The van der Waals surface area contributed by atoms with Crippen molar-refractivity contribution in [3.8, 4) is 0 Å². The van der Waals surface area contributed by atoms with E-state index in [0.29, 0.717) is 49.6 Å². The Kier molecular flexibility index (Phi) is 6.34. The van der Waals surface area contributed by atoms with Crippen molar-refractivity contribution in [1.82, 2.24) is 9.97 Å². The first-order chi connectivity index (χ1) is 17.7. The van der Waals surface area contributed by atoms with Crippen molar-refractivity contribution in [2.45, 2.75) is 4.90 Å². The molecule has 190 valence electrons. The number of nitrogens with one attached hydrogen (secondary N) is 1. The third-order valence-electron chi connectivity index (χ3n) is 6.06. The van der Waals surface area contributed by atoms with Gasteiger partial charge in [0.25, 0.3) is 10.0 Å². The molecule has 1 saturated heterocycles. The molecule has 0 aliphatic carbocycles. The third-order valence-corrected chi connectivity index (χ3v) is 7.44. The lowest BCUT2D eigenvalue weighted by molar-refractivity contribution is 0.0699. The molecule has 1 aliphatic heterocycles. The summed E-state index contributed by atoms with van der Waals surface area (Å²) >= 11 is 0. The summed E-state index contributed by atoms with van der Waals surface area (Å²) in [6.45, 7) is 2.59. The summed E-state index contributed by atoms with van der Waals surface area (Å²) in [4.78, 5) is 24.7. The molecule has 5 rings (SSSR count). The fraction of sp³-hybridized carbons (Fsp3) is 0.160. The lowest BCUT2D eigenvalue weighted by Crippen LogP contribution is -2.47. The van der Waals surface area contributed by atoms with Crippen molar-refractivity contribution in [2.24, 2.45) is 0 Å². The second-order valence-corrected chi connectivity index (χ2v) is 10.1. The highest BCUT2D eigenvalue weighted by Crippen LogP contribution is 2.28. The van der Waals surface area contributed by atoms with E-state index in [1.54, 1.807) is 6.20 Å². The number of piperazine rings is 1. The van der Waals surface area contributed by atoms with Crippen LogP contribution in [0, 0.1) is 11.6 Å². The van der Waals surface area contributed by atoms with Gasteiger partial charge < -0.3 is 14.9 Å². The summed E-state index contributed by atoms with van der Waals surface area (Å²) < 4.78 is 54.4. The number of carbonyl (C=O) groups is 1. The van der Waals surface area contributed by atoms with Crippen LogP contribution in [-0.4, -0.2) is 55.6 Å². The minimum absolute atomic E-state index is 0.0407. The second kappa shape index (κ2) is 9.62. The maximum Gasteiger partial charge on any atom is 0.336 e. The number of hydrogen-bond donors (Lipinski definition) is 2. The van der Waals surface area contributed by atoms with E-state index in [-0.39, 0.29) is 16.6 Å². The largest absolute Gasteiger partial charge is 0.478 e. The van der Waals surface area contributed by atoms with Crippen molar-refractivity contribution < 1.29 is 27.1 Å². The normalized spacial score (nSPS) is 14.1. The quantitative estimate of drug-likeness (QED) is 0.391. The predicted molar refractivity (Wildman–Crippen MR) is 135 cm³/mol. The minimum Gasteiger partial charge on any atom is -0.478 e. The molecule has 0 unspecified atom stereocenters. The summed E-state index contributed by atoms with van der Waals surface area (Å²) in [6, 6.07) is 13.7. The van der Waals surface area contributed by atoms with Crippen LogP contribution in [0.15, 0.2) is 71.8 Å². The monoisotopic (exact) mass is 525 g/mol. The van der Waals surface area contributed by atoms with Gasteiger partial charge >= 0.3 is 5.97 Å². The number of aromatic nitrogens is 2. The molecule has 3 heterocycles. The third kappa shape index (κ3) is 5.00. The number of carboxylic acids is 1. The summed E-state index contributed by atoms with van der Waals surface area (Å²) in [6.07, 6.45) is 1.73. The van der Waals surface area contributed by atoms with E-state index in [2.05, 4.69) is 19.6 Å². The topological polar surface area (TPSA) is 116 Å². The lowest BCUT2D eigenvalue weighted by atomic mass is 10.1. The van der Waals surface area contributed by atoms with Crippen molar-refractivity contribution in [1.29, 1.82) is 0 Å². The number of rotatable bonds is 6. The van der Waals surface area contributed by atoms with E-state index < -0.39 is 32.5 Å². The van der Waals surface area contributed by atoms with Crippen LogP contribution in [0.25, 0.3) is 10.9 Å². The van der Waals surface area contributed by atoms with Crippen LogP contribution in [0.1, 0.15) is 10.4 Å². The number of nitrogens with zero attached hydrogens (tertiary/aromatic N) is 4. The average Bonchev–Trinajstić information content (AvgIpc) is 2.90. The van der Waals surface area contributed by atoms with Crippen LogP contribution in [0.4, 0.5) is 26.1 Å². The summed E-state index contributed by atoms with van der Waals surface area (Å²) in [5.74, 6) is -2.29. The van der Waals surface area contributed by atoms with E-state index in [9.17, 15) is 27.1 Å². The van der Waals surface area contributed by atoms with Crippen molar-refractivity contribution in [3.63, 3.8) is 0 Å². The predicted octanol–water partition coefficient (Wildman–Crippen LogP) is 3.73. The molecule has 0 radical (unpaired) electrons. The first-order valence-corrected chi connectivity index (χ1v) is 12.8. The van der Waals surface area contributed by atoms with Gasteiger partial charge in [-0.05, 0) is 54.6 Å². The second-order valence-electron chi connectivity index (χ2n) is 8.41. The van der Waals surface area contributed by atoms with Crippen LogP contribution >= 0.6 is 0 Å². The Hall–Kier alpha value is -4.32. The van der Waals surface area contributed by atoms with Crippen molar-refractivity contribution in [3.05, 3.63) is 84.1 Å². The van der Waals surface area contributed by atoms with Crippen molar-refractivity contribution in [2.75, 3.05) is 40.7 Å². The molecule has 12 heteroatoms. The maximum atomic E-state index is 13.5. The summed E-state index contributed by atoms with van der Waals surface area (Å²) in [5, 5.41) is 10.1. The average molecular weight is 526 g/mol. The smallest absolute Gasteiger partial charge is 0.336 e. The molecule has 2 aromatic heterocycles. The van der Waals surface area contributed by atoms with Gasteiger partial charge in [-0.3, -0.25) is 4.72 Å². The molecule has 1 aliphatic rings. The number of halogens is 2. The fourth-order valence-electron chi connectivity index (χ4n) is 4.18. The van der Waals surface area contributed by atoms with Gasteiger partial charge in [0.1, 0.15) is 11.6 Å². The van der Waals surface area contributed by atoms with Gasteiger partial charge in [-0.25, -0.2) is 32.0 Å². The molecular formula is C25H21F2N5O4S. The van der Waals surface area contributed by atoms with Crippen LogP contribution < -0.4 is 14.5 Å². The molecule has 0 amide bonds. The zero-order chi connectivity index (χ0) is 26.2. The number of aromatic carboxylic acids is 1. The molecule has 0 spiro atoms. The zero-order valence-corrected chi connectivity index (χ0v) is 20.1. The molecule has 0 saturated carbocycles. The van der Waals surface area contributed by atoms with Gasteiger partial charge in [-0.2, -0.15) is 0 Å². The van der Waals surface area contributed by atoms with E-state index in [4.69, 9.17) is 0 Å². The molecule has 2 N–H and O–H groups in total. The van der Waals surface area contributed by atoms with Gasteiger partial charge in [0.2, 0.25) is 0 Å². The Bertz CT molecular complexity index is 1590. The SMILES string of the molecule is O=C(O)c1cc(N2CCN(c3ccccn3)CC2)nc2ccc(NS(=O)(=O)c3ccc(F)c(F)c3)cc12. The van der Waals surface area contributed by atoms with Gasteiger partial charge in [-0.1, -0.05) is 6.07 Å². The van der Waals surface area contributed by atoms with Gasteiger partial charge in [-0.15, -0.1) is 0 Å². The van der Waals surface area contributed by atoms with E-state index in [1.807, 2.05) is 23.1 Å². The standard InChI is InChI=1S/C25H21F2N5O4S/c26-20-6-5-17(14-21(20)27)37(35,36)30-16-4-7-22-18(13-16)19(25(33)34)15-24(29-22)32-11-9-31(10-12-32)23-3-1-2-8-28-23/h1-8,13-15,30H,9-12H2,(H,33,34). The van der Waals surface area contributed by atoms with Gasteiger partial charge in [0, 0.05) is 43.4 Å². The number of anilines is 3. The Morgan fingerprint density at radius 2 is 1.62 bits per heavy atom. The summed E-state index contributed by atoms with van der Waals surface area (Å²) in [5.41, 5.74) is 0.386. The van der Waals surface area contributed by atoms with E-state index >= 15 is 0 Å². The Morgan fingerprint density at radius 3 is 2.27 bits per heavy atom. The van der Waals surface area contributed by atoms with Gasteiger partial charge in [0.05, 0.1) is 16.0 Å². The van der Waals surface area contributed by atoms with Crippen LogP contribution in [0.2, 0.25) is 0 Å². The fourth-order valence-corrected chi connectivity index (χ4v) is 5.24. The van der Waals surface area contributed by atoms with Crippen LogP contribution in [0.5, 0.6) is 0 Å². The van der Waals surface area contributed by atoms with Crippen LogP contribution in [-0.2, 0) is 10.0 Å². The molecule has 1 fully saturated rings. The van der Waals surface area contributed by atoms with E-state index in [0.717, 1.165) is 11.9 Å². The molecule has 2 aromatic carbocycles. The number of carboxylic acid groups (broad SMARTS) is 1. The van der Waals surface area contributed by atoms with Gasteiger partial charge in [0.15, 0.2) is 11.6 Å². The summed E-state index contributed by atoms with van der Waals surface area (Å²) in [7, 11) is -4.25. The molecule has 37 heavy (non-hydrogen) atoms. The number of hydrogen-bond acceptors (Lipinski definition) is 7. The number of sulfonamides is 1. The lowest BCUT2D eigenvalue weighted by Gasteiger charge is -2.36. The molecule has 0 atom stereocenters. The Labute approximate surface area is 211 Å². The minimum atomic E-state index is -4.25. The molecule has 4 aromatic rings. The van der Waals surface area contributed by atoms with Crippen LogP contribution in [0.3, 0.4) is 0 Å². The first-order valence-electron chi connectivity index (χ1n) is 11.3. The first kappa shape index (κ1) is 24.4. The number of pyridine rings is 2.